The Balaban J connectivity index is 1.62. The van der Waals surface area contributed by atoms with Crippen LogP contribution in [0.25, 0.3) is 16.9 Å². The first-order valence-electron chi connectivity index (χ1n) is 8.92. The van der Waals surface area contributed by atoms with E-state index in [2.05, 4.69) is 10.3 Å². The predicted octanol–water partition coefficient (Wildman–Crippen LogP) is 5.12. The molecule has 0 unspecified atom stereocenters. The van der Waals surface area contributed by atoms with Crippen LogP contribution in [-0.2, 0) is 4.79 Å². The summed E-state index contributed by atoms with van der Waals surface area (Å²) in [4.78, 5) is 17.2. The predicted molar refractivity (Wildman–Crippen MR) is 111 cm³/mol. The maximum atomic E-state index is 13.3. The molecule has 1 N–H and O–H groups in total. The van der Waals surface area contributed by atoms with E-state index in [1.807, 2.05) is 25.3 Å². The van der Waals surface area contributed by atoms with Crippen molar-refractivity contribution in [2.24, 2.45) is 0 Å². The molecule has 1 amide bonds. The van der Waals surface area contributed by atoms with Crippen molar-refractivity contribution in [3.05, 3.63) is 83.3 Å². The standard InChI is InChI=1S/C22H17ClFN3O2/c1-14-10-11-27-19(12-14)25-21(15-2-6-17(24)7-3-15)22(27)26-20(28)13-29-18-8-4-16(23)5-9-18/h2-12H,13H2,1H3,(H,26,28). The van der Waals surface area contributed by atoms with E-state index in [1.54, 1.807) is 40.8 Å². The molecule has 5 nitrogen and oxygen atoms in total. The molecule has 0 aliphatic heterocycles. The fraction of sp³-hybridized carbons (Fsp3) is 0.0909. The molecular weight excluding hydrogens is 393 g/mol. The van der Waals surface area contributed by atoms with Crippen LogP contribution in [0, 0.1) is 12.7 Å². The summed E-state index contributed by atoms with van der Waals surface area (Å²) < 4.78 is 20.6. The van der Waals surface area contributed by atoms with Gasteiger partial charge in [-0.05, 0) is 73.2 Å². The molecule has 0 spiro atoms. The number of hydrogen-bond acceptors (Lipinski definition) is 3. The molecule has 0 radical (unpaired) electrons. The van der Waals surface area contributed by atoms with Gasteiger partial charge in [0, 0.05) is 16.8 Å². The second-order valence-corrected chi connectivity index (χ2v) is 6.98. The molecule has 146 valence electrons. The number of carbonyl (C=O) groups excluding carboxylic acids is 1. The molecule has 0 fully saturated rings. The zero-order valence-electron chi connectivity index (χ0n) is 15.5. The van der Waals surface area contributed by atoms with Gasteiger partial charge in [-0.2, -0.15) is 0 Å². The Labute approximate surface area is 171 Å². The average molecular weight is 410 g/mol. The lowest BCUT2D eigenvalue weighted by atomic mass is 10.1. The minimum absolute atomic E-state index is 0.177. The molecule has 7 heteroatoms. The van der Waals surface area contributed by atoms with E-state index in [0.29, 0.717) is 33.5 Å². The van der Waals surface area contributed by atoms with Crippen LogP contribution in [0.15, 0.2) is 66.9 Å². The van der Waals surface area contributed by atoms with Crippen molar-refractivity contribution in [3.63, 3.8) is 0 Å². The number of amides is 1. The van der Waals surface area contributed by atoms with Gasteiger partial charge in [0.15, 0.2) is 6.61 Å². The third kappa shape index (κ3) is 4.22. The van der Waals surface area contributed by atoms with Crippen molar-refractivity contribution in [2.45, 2.75) is 6.92 Å². The highest BCUT2D eigenvalue weighted by atomic mass is 35.5. The van der Waals surface area contributed by atoms with Gasteiger partial charge in [-0.1, -0.05) is 11.6 Å². The van der Waals surface area contributed by atoms with E-state index in [1.165, 1.54) is 12.1 Å². The maximum absolute atomic E-state index is 13.3. The number of nitrogens with zero attached hydrogens (tertiary/aromatic N) is 2. The van der Waals surface area contributed by atoms with Crippen LogP contribution in [0.3, 0.4) is 0 Å². The van der Waals surface area contributed by atoms with Gasteiger partial charge in [-0.3, -0.25) is 9.20 Å². The molecule has 4 rings (SSSR count). The van der Waals surface area contributed by atoms with Gasteiger partial charge in [0.05, 0.1) is 0 Å². The molecule has 4 aromatic rings. The highest BCUT2D eigenvalue weighted by Gasteiger charge is 2.17. The summed E-state index contributed by atoms with van der Waals surface area (Å²) in [5.41, 5.74) is 2.97. The Bertz CT molecular complexity index is 1170. The van der Waals surface area contributed by atoms with E-state index >= 15 is 0 Å². The Morgan fingerprint density at radius 1 is 1.14 bits per heavy atom. The van der Waals surface area contributed by atoms with E-state index in [-0.39, 0.29) is 18.3 Å². The molecule has 0 aliphatic carbocycles. The highest BCUT2D eigenvalue weighted by molar-refractivity contribution is 6.30. The van der Waals surface area contributed by atoms with Crippen LogP contribution in [0.4, 0.5) is 10.2 Å². The van der Waals surface area contributed by atoms with Gasteiger partial charge in [-0.15, -0.1) is 0 Å². The number of nitrogens with one attached hydrogen (secondary N) is 1. The first-order chi connectivity index (χ1) is 14.0. The minimum Gasteiger partial charge on any atom is -0.484 e. The van der Waals surface area contributed by atoms with Gasteiger partial charge < -0.3 is 10.1 Å². The van der Waals surface area contributed by atoms with Crippen molar-refractivity contribution in [1.29, 1.82) is 0 Å². The second kappa shape index (κ2) is 7.93. The summed E-state index contributed by atoms with van der Waals surface area (Å²) in [6.07, 6.45) is 1.83. The van der Waals surface area contributed by atoms with E-state index in [4.69, 9.17) is 16.3 Å². The summed E-state index contributed by atoms with van der Waals surface area (Å²) in [5.74, 6) is 0.356. The zero-order chi connectivity index (χ0) is 20.4. The molecule has 0 saturated heterocycles. The van der Waals surface area contributed by atoms with Crippen molar-refractivity contribution >= 4 is 29.0 Å². The molecular formula is C22H17ClFN3O2. The Morgan fingerprint density at radius 3 is 2.59 bits per heavy atom. The van der Waals surface area contributed by atoms with Gasteiger partial charge in [0.25, 0.3) is 5.91 Å². The van der Waals surface area contributed by atoms with Crippen LogP contribution in [0.1, 0.15) is 5.56 Å². The first kappa shape index (κ1) is 19.0. The summed E-state index contributed by atoms with van der Waals surface area (Å²) in [6, 6.07) is 16.6. The fourth-order valence-electron chi connectivity index (χ4n) is 2.92. The minimum atomic E-state index is -0.342. The third-order valence-electron chi connectivity index (χ3n) is 4.34. The number of aryl methyl sites for hydroxylation is 1. The Kier molecular flexibility index (Phi) is 5.18. The molecule has 0 saturated carbocycles. The Morgan fingerprint density at radius 2 is 1.86 bits per heavy atom. The number of hydrogen-bond donors (Lipinski definition) is 1. The Hall–Kier alpha value is -3.38. The summed E-state index contributed by atoms with van der Waals surface area (Å²) in [5, 5.41) is 3.45. The van der Waals surface area contributed by atoms with Crippen LogP contribution in [-0.4, -0.2) is 21.9 Å². The third-order valence-corrected chi connectivity index (χ3v) is 4.59. The van der Waals surface area contributed by atoms with E-state index in [9.17, 15) is 9.18 Å². The number of ether oxygens (including phenoxy) is 1. The van der Waals surface area contributed by atoms with Gasteiger partial charge >= 0.3 is 0 Å². The van der Waals surface area contributed by atoms with Crippen molar-refractivity contribution in [2.75, 3.05) is 11.9 Å². The van der Waals surface area contributed by atoms with Crippen LogP contribution in [0.2, 0.25) is 5.02 Å². The summed E-state index contributed by atoms with van der Waals surface area (Å²) in [6.45, 7) is 1.79. The fourth-order valence-corrected chi connectivity index (χ4v) is 3.05. The average Bonchev–Trinajstić information content (AvgIpc) is 3.05. The van der Waals surface area contributed by atoms with Crippen LogP contribution in [0.5, 0.6) is 5.75 Å². The lowest BCUT2D eigenvalue weighted by Gasteiger charge is -2.09. The molecule has 29 heavy (non-hydrogen) atoms. The quantitative estimate of drug-likeness (QED) is 0.497. The topological polar surface area (TPSA) is 55.6 Å². The number of benzene rings is 2. The maximum Gasteiger partial charge on any atom is 0.263 e. The number of halogens is 2. The van der Waals surface area contributed by atoms with Crippen molar-refractivity contribution in [3.8, 4) is 17.0 Å². The number of pyridine rings is 1. The zero-order valence-corrected chi connectivity index (χ0v) is 16.3. The second-order valence-electron chi connectivity index (χ2n) is 6.54. The van der Waals surface area contributed by atoms with Crippen LogP contribution >= 0.6 is 11.6 Å². The highest BCUT2D eigenvalue weighted by Crippen LogP contribution is 2.29. The number of carbonyl (C=O) groups is 1. The molecule has 0 atom stereocenters. The van der Waals surface area contributed by atoms with E-state index in [0.717, 1.165) is 5.56 Å². The van der Waals surface area contributed by atoms with Crippen LogP contribution < -0.4 is 10.1 Å². The number of anilines is 1. The molecule has 2 aromatic heterocycles. The normalized spacial score (nSPS) is 10.9. The number of imidazole rings is 1. The largest absolute Gasteiger partial charge is 0.484 e. The van der Waals surface area contributed by atoms with Crippen molar-refractivity contribution < 1.29 is 13.9 Å². The number of fused-ring (bicyclic) bond motifs is 1. The molecule has 2 heterocycles. The number of aromatic nitrogens is 2. The first-order valence-corrected chi connectivity index (χ1v) is 9.30. The van der Waals surface area contributed by atoms with Crippen molar-refractivity contribution in [1.82, 2.24) is 9.38 Å². The lowest BCUT2D eigenvalue weighted by molar-refractivity contribution is -0.118. The number of rotatable bonds is 5. The lowest BCUT2D eigenvalue weighted by Crippen LogP contribution is -2.21. The van der Waals surface area contributed by atoms with Gasteiger partial charge in [-0.25, -0.2) is 9.37 Å². The van der Waals surface area contributed by atoms with E-state index < -0.39 is 0 Å². The molecule has 0 aliphatic rings. The summed E-state index contributed by atoms with van der Waals surface area (Å²) >= 11 is 5.85. The van der Waals surface area contributed by atoms with Gasteiger partial charge in [0.1, 0.15) is 28.7 Å². The smallest absolute Gasteiger partial charge is 0.263 e. The monoisotopic (exact) mass is 409 g/mol. The summed E-state index contributed by atoms with van der Waals surface area (Å²) in [7, 11) is 0. The molecule has 2 aromatic carbocycles. The molecule has 0 bridgehead atoms. The SMILES string of the molecule is Cc1ccn2c(NC(=O)COc3ccc(Cl)cc3)c(-c3ccc(F)cc3)nc2c1. The van der Waals surface area contributed by atoms with Gasteiger partial charge in [0.2, 0.25) is 0 Å².